The number of aliphatic carboxylic acids is 1. The Morgan fingerprint density at radius 1 is 1.31 bits per heavy atom. The Bertz CT molecular complexity index is 162. The van der Waals surface area contributed by atoms with Crippen molar-refractivity contribution in [1.82, 2.24) is 0 Å². The van der Waals surface area contributed by atoms with E-state index >= 15 is 0 Å². The average Bonchev–Trinajstić information content (AvgIpc) is 2.29. The third kappa shape index (κ3) is 3.75. The van der Waals surface area contributed by atoms with Crippen LogP contribution in [-0.2, 0) is 4.79 Å². The summed E-state index contributed by atoms with van der Waals surface area (Å²) in [5.74, 6) is -1.02. The molecule has 2 nitrogen and oxygen atoms in total. The lowest BCUT2D eigenvalue weighted by molar-refractivity contribution is -0.138. The van der Waals surface area contributed by atoms with E-state index in [-0.39, 0.29) is 12.3 Å². The largest absolute Gasteiger partial charge is 0.481 e. The molecule has 1 atom stereocenters. The van der Waals surface area contributed by atoms with Gasteiger partial charge in [0.25, 0.3) is 0 Å². The van der Waals surface area contributed by atoms with Gasteiger partial charge in [0, 0.05) is 0 Å². The molecule has 0 spiro atoms. The molecule has 0 aliphatic heterocycles. The van der Waals surface area contributed by atoms with Crippen LogP contribution in [0.5, 0.6) is 0 Å². The number of hydrogen-bond donors (Lipinski definition) is 1. The highest BCUT2D eigenvalue weighted by Gasteiger charge is 2.24. The van der Waals surface area contributed by atoms with E-state index in [0.717, 1.165) is 25.7 Å². The van der Waals surface area contributed by atoms with Crippen molar-refractivity contribution in [3.05, 3.63) is 0 Å². The minimum absolute atomic E-state index is 0.00130. The average molecular weight is 188 g/mol. The molecule has 0 heterocycles. The molecule has 1 N–H and O–H groups in total. The van der Waals surface area contributed by atoms with Gasteiger partial charge in [-0.1, -0.05) is 25.7 Å². The predicted octanol–water partition coefficient (Wildman–Crippen LogP) is 2.77. The van der Waals surface area contributed by atoms with E-state index in [2.05, 4.69) is 0 Å². The summed E-state index contributed by atoms with van der Waals surface area (Å²) in [6, 6.07) is 0. The standard InChI is InChI=1S/C10H17FO2/c11-9(7-10(12)13)8-5-3-1-2-4-6-8/h8-9H,1-7H2,(H,12,13). The summed E-state index contributed by atoms with van der Waals surface area (Å²) in [6.07, 6.45) is 4.77. The quantitative estimate of drug-likeness (QED) is 0.691. The van der Waals surface area contributed by atoms with Crippen LogP contribution in [0.1, 0.15) is 44.9 Å². The van der Waals surface area contributed by atoms with Crippen LogP contribution in [-0.4, -0.2) is 17.2 Å². The van der Waals surface area contributed by atoms with Gasteiger partial charge in [-0.05, 0) is 18.8 Å². The van der Waals surface area contributed by atoms with Gasteiger partial charge >= 0.3 is 5.97 Å². The highest BCUT2D eigenvalue weighted by Crippen LogP contribution is 2.28. The number of alkyl halides is 1. The molecular formula is C10H17FO2. The normalized spacial score (nSPS) is 22.2. The molecule has 13 heavy (non-hydrogen) atoms. The molecule has 76 valence electrons. The molecule has 1 saturated carbocycles. The van der Waals surface area contributed by atoms with Crippen LogP contribution >= 0.6 is 0 Å². The van der Waals surface area contributed by atoms with Gasteiger partial charge < -0.3 is 5.11 Å². The summed E-state index contributed by atoms with van der Waals surface area (Å²) in [7, 11) is 0. The van der Waals surface area contributed by atoms with Crippen molar-refractivity contribution < 1.29 is 14.3 Å². The Morgan fingerprint density at radius 2 is 1.85 bits per heavy atom. The van der Waals surface area contributed by atoms with Crippen LogP contribution in [0.3, 0.4) is 0 Å². The van der Waals surface area contributed by atoms with E-state index in [0.29, 0.717) is 0 Å². The molecule has 1 unspecified atom stereocenters. The van der Waals surface area contributed by atoms with Crippen molar-refractivity contribution in [2.24, 2.45) is 5.92 Å². The summed E-state index contributed by atoms with van der Waals surface area (Å²) < 4.78 is 13.3. The number of carbonyl (C=O) groups is 1. The molecule has 0 saturated heterocycles. The number of rotatable bonds is 3. The molecule has 3 heteroatoms. The van der Waals surface area contributed by atoms with E-state index in [9.17, 15) is 9.18 Å². The van der Waals surface area contributed by atoms with Crippen molar-refractivity contribution in [3.8, 4) is 0 Å². The van der Waals surface area contributed by atoms with Crippen molar-refractivity contribution in [2.45, 2.75) is 51.1 Å². The van der Waals surface area contributed by atoms with Gasteiger partial charge in [-0.2, -0.15) is 0 Å². The maximum Gasteiger partial charge on any atom is 0.306 e. The van der Waals surface area contributed by atoms with Crippen molar-refractivity contribution in [1.29, 1.82) is 0 Å². The van der Waals surface area contributed by atoms with Crippen LogP contribution in [0.2, 0.25) is 0 Å². The monoisotopic (exact) mass is 188 g/mol. The zero-order valence-corrected chi connectivity index (χ0v) is 7.84. The number of carboxylic acid groups (broad SMARTS) is 1. The lowest BCUT2D eigenvalue weighted by Crippen LogP contribution is -2.19. The van der Waals surface area contributed by atoms with E-state index in [1.807, 2.05) is 0 Å². The first kappa shape index (κ1) is 10.5. The summed E-state index contributed by atoms with van der Waals surface area (Å²) >= 11 is 0. The van der Waals surface area contributed by atoms with Gasteiger partial charge in [-0.15, -0.1) is 0 Å². The van der Waals surface area contributed by atoms with Crippen LogP contribution in [0, 0.1) is 5.92 Å². The molecule has 0 amide bonds. The molecule has 1 aliphatic rings. The predicted molar refractivity (Wildman–Crippen MR) is 48.3 cm³/mol. The maximum absolute atomic E-state index is 13.3. The highest BCUT2D eigenvalue weighted by molar-refractivity contribution is 5.67. The Kier molecular flexibility index (Phi) is 4.19. The molecule has 0 bridgehead atoms. The number of hydrogen-bond acceptors (Lipinski definition) is 1. The zero-order valence-electron chi connectivity index (χ0n) is 7.84. The van der Waals surface area contributed by atoms with Crippen LogP contribution in [0.15, 0.2) is 0 Å². The molecule has 0 aromatic rings. The lowest BCUT2D eigenvalue weighted by atomic mass is 9.93. The molecule has 1 fully saturated rings. The number of halogens is 1. The third-order valence-electron chi connectivity index (χ3n) is 2.78. The molecular weight excluding hydrogens is 171 g/mol. The van der Waals surface area contributed by atoms with Crippen LogP contribution in [0.4, 0.5) is 4.39 Å². The molecule has 1 aliphatic carbocycles. The van der Waals surface area contributed by atoms with Crippen LogP contribution < -0.4 is 0 Å². The van der Waals surface area contributed by atoms with E-state index in [4.69, 9.17) is 5.11 Å². The zero-order chi connectivity index (χ0) is 9.68. The number of carboxylic acids is 1. The fourth-order valence-corrected chi connectivity index (χ4v) is 2.01. The van der Waals surface area contributed by atoms with Gasteiger partial charge in [0.2, 0.25) is 0 Å². The highest BCUT2D eigenvalue weighted by atomic mass is 19.1. The first-order valence-corrected chi connectivity index (χ1v) is 5.06. The lowest BCUT2D eigenvalue weighted by Gasteiger charge is -2.16. The second-order valence-electron chi connectivity index (χ2n) is 3.87. The maximum atomic E-state index is 13.3. The Hall–Kier alpha value is -0.600. The molecule has 0 aromatic carbocycles. The van der Waals surface area contributed by atoms with Crippen molar-refractivity contribution in [2.75, 3.05) is 0 Å². The van der Waals surface area contributed by atoms with Gasteiger partial charge in [0.1, 0.15) is 6.17 Å². The first-order valence-electron chi connectivity index (χ1n) is 5.06. The Balaban J connectivity index is 2.34. The topological polar surface area (TPSA) is 37.3 Å². The first-order chi connectivity index (χ1) is 6.20. The third-order valence-corrected chi connectivity index (χ3v) is 2.78. The second kappa shape index (κ2) is 5.20. The summed E-state index contributed by atoms with van der Waals surface area (Å²) in [6.45, 7) is 0. The SMILES string of the molecule is O=C(O)CC(F)C1CCCCCC1. The smallest absolute Gasteiger partial charge is 0.306 e. The van der Waals surface area contributed by atoms with Gasteiger partial charge in [0.05, 0.1) is 6.42 Å². The fraction of sp³-hybridized carbons (Fsp3) is 0.900. The van der Waals surface area contributed by atoms with Gasteiger partial charge in [0.15, 0.2) is 0 Å². The Morgan fingerprint density at radius 3 is 2.31 bits per heavy atom. The van der Waals surface area contributed by atoms with Crippen LogP contribution in [0.25, 0.3) is 0 Å². The minimum atomic E-state index is -1.13. The van der Waals surface area contributed by atoms with Gasteiger partial charge in [-0.3, -0.25) is 4.79 Å². The van der Waals surface area contributed by atoms with E-state index in [1.54, 1.807) is 0 Å². The molecule has 0 aromatic heterocycles. The molecule has 0 radical (unpaired) electrons. The van der Waals surface area contributed by atoms with E-state index < -0.39 is 12.1 Å². The van der Waals surface area contributed by atoms with Crippen molar-refractivity contribution in [3.63, 3.8) is 0 Å². The fourth-order valence-electron chi connectivity index (χ4n) is 2.01. The van der Waals surface area contributed by atoms with Crippen molar-refractivity contribution >= 4 is 5.97 Å². The Labute approximate surface area is 78.1 Å². The van der Waals surface area contributed by atoms with E-state index in [1.165, 1.54) is 12.8 Å². The van der Waals surface area contributed by atoms with Gasteiger partial charge in [-0.25, -0.2) is 4.39 Å². The minimum Gasteiger partial charge on any atom is -0.481 e. The summed E-state index contributed by atoms with van der Waals surface area (Å²) in [4.78, 5) is 10.3. The second-order valence-corrected chi connectivity index (χ2v) is 3.87. The summed E-state index contributed by atoms with van der Waals surface area (Å²) in [5.41, 5.74) is 0. The molecule has 1 rings (SSSR count). The summed E-state index contributed by atoms with van der Waals surface area (Å²) in [5, 5.41) is 8.44.